The average molecular weight is 477 g/mol. The molecule has 1 aliphatic heterocycles. The number of thiophene rings is 1. The van der Waals surface area contributed by atoms with Crippen molar-refractivity contribution in [3.8, 4) is 11.1 Å². The molecule has 0 unspecified atom stereocenters. The van der Waals surface area contributed by atoms with Crippen LogP contribution in [0.5, 0.6) is 0 Å². The quantitative estimate of drug-likeness (QED) is 0.415. The molecule has 0 aliphatic carbocycles. The third kappa shape index (κ3) is 4.59. The number of aromatic nitrogens is 2. The average Bonchev–Trinajstić information content (AvgIpc) is 3.50. The van der Waals surface area contributed by atoms with Crippen molar-refractivity contribution in [3.05, 3.63) is 75.9 Å². The Labute approximate surface area is 200 Å². The van der Waals surface area contributed by atoms with Crippen LogP contribution in [0.3, 0.4) is 0 Å². The monoisotopic (exact) mass is 476 g/mol. The number of aryl methyl sites for hydroxylation is 2. The Hall–Kier alpha value is -3.52. The van der Waals surface area contributed by atoms with E-state index < -0.39 is 0 Å². The number of carbonyl (C=O) groups excluding carboxylic acids is 1. The van der Waals surface area contributed by atoms with Gasteiger partial charge in [0.25, 0.3) is 5.56 Å². The fourth-order valence-corrected chi connectivity index (χ4v) is 5.23. The van der Waals surface area contributed by atoms with Crippen molar-refractivity contribution < 1.29 is 9.18 Å². The fourth-order valence-electron chi connectivity index (χ4n) is 4.32. The lowest BCUT2D eigenvalue weighted by atomic mass is 10.1. The van der Waals surface area contributed by atoms with Crippen LogP contribution in [-0.2, 0) is 11.3 Å². The molecule has 0 atom stereocenters. The summed E-state index contributed by atoms with van der Waals surface area (Å²) in [6, 6.07) is 12.6. The van der Waals surface area contributed by atoms with Gasteiger partial charge < -0.3 is 10.2 Å². The zero-order valence-corrected chi connectivity index (χ0v) is 19.7. The van der Waals surface area contributed by atoms with E-state index in [0.717, 1.165) is 48.3 Å². The Balaban J connectivity index is 1.32. The van der Waals surface area contributed by atoms with Crippen molar-refractivity contribution in [2.75, 3.05) is 23.3 Å². The molecule has 8 heteroatoms. The maximum Gasteiger partial charge on any atom is 0.262 e. The minimum atomic E-state index is -0.383. The van der Waals surface area contributed by atoms with Crippen LogP contribution in [0, 0.1) is 12.7 Å². The van der Waals surface area contributed by atoms with Gasteiger partial charge in [0.05, 0.1) is 11.7 Å². The van der Waals surface area contributed by atoms with Gasteiger partial charge in [0.1, 0.15) is 10.6 Å². The van der Waals surface area contributed by atoms with Gasteiger partial charge in [-0.25, -0.2) is 9.37 Å². The molecule has 0 spiro atoms. The Bertz CT molecular complexity index is 1400. The van der Waals surface area contributed by atoms with Crippen molar-refractivity contribution in [2.24, 2.45) is 0 Å². The second-order valence-corrected chi connectivity index (χ2v) is 9.49. The Morgan fingerprint density at radius 2 is 1.91 bits per heavy atom. The number of hydrogen-bond acceptors (Lipinski definition) is 5. The van der Waals surface area contributed by atoms with E-state index in [4.69, 9.17) is 0 Å². The molecule has 1 aliphatic rings. The molecule has 0 radical (unpaired) electrons. The number of nitrogens with zero attached hydrogens (tertiary/aromatic N) is 3. The van der Waals surface area contributed by atoms with Crippen molar-refractivity contribution in [1.29, 1.82) is 0 Å². The number of hydrogen-bond donors (Lipinski definition) is 1. The molecular formula is C26H25FN4O2S. The first kappa shape index (κ1) is 22.3. The number of carbonyl (C=O) groups is 1. The number of nitrogens with one attached hydrogen (secondary N) is 1. The Morgan fingerprint density at radius 1 is 1.15 bits per heavy atom. The van der Waals surface area contributed by atoms with Crippen molar-refractivity contribution >= 4 is 38.8 Å². The molecule has 4 aromatic rings. The molecule has 2 aromatic heterocycles. The molecule has 34 heavy (non-hydrogen) atoms. The highest BCUT2D eigenvalue weighted by Crippen LogP contribution is 2.31. The molecule has 174 valence electrons. The van der Waals surface area contributed by atoms with Crippen LogP contribution in [0.1, 0.15) is 24.8 Å². The van der Waals surface area contributed by atoms with Gasteiger partial charge in [0.2, 0.25) is 5.91 Å². The van der Waals surface area contributed by atoms with E-state index in [1.165, 1.54) is 34.4 Å². The van der Waals surface area contributed by atoms with Crippen LogP contribution in [0.4, 0.5) is 15.8 Å². The molecule has 5 rings (SSSR count). The van der Waals surface area contributed by atoms with Gasteiger partial charge in [0, 0.05) is 48.4 Å². The number of amides is 1. The molecule has 2 aromatic carbocycles. The highest BCUT2D eigenvalue weighted by atomic mass is 32.1. The van der Waals surface area contributed by atoms with Gasteiger partial charge in [0.15, 0.2) is 0 Å². The molecular weight excluding hydrogens is 451 g/mol. The van der Waals surface area contributed by atoms with E-state index in [-0.39, 0.29) is 30.2 Å². The predicted molar refractivity (Wildman–Crippen MR) is 135 cm³/mol. The number of fused-ring (bicyclic) bond motifs is 1. The smallest absolute Gasteiger partial charge is 0.262 e. The van der Waals surface area contributed by atoms with E-state index in [1.807, 2.05) is 36.6 Å². The fraction of sp³-hybridized carbons (Fsp3) is 0.269. The maximum atomic E-state index is 14.1. The van der Waals surface area contributed by atoms with Crippen molar-refractivity contribution in [3.63, 3.8) is 0 Å². The maximum absolute atomic E-state index is 14.1. The van der Waals surface area contributed by atoms with Crippen LogP contribution in [0.25, 0.3) is 21.3 Å². The van der Waals surface area contributed by atoms with E-state index in [2.05, 4.69) is 15.2 Å². The van der Waals surface area contributed by atoms with Gasteiger partial charge in [-0.05, 0) is 43.5 Å². The second-order valence-electron chi connectivity index (χ2n) is 8.63. The SMILES string of the molecule is Cc1ccc(-c2csc3ncn(CCC(=O)Nc4cc(F)cc(N5CCCC5)c4)c(=O)c23)cc1. The first-order valence-corrected chi connectivity index (χ1v) is 12.2. The molecule has 0 saturated carbocycles. The predicted octanol–water partition coefficient (Wildman–Crippen LogP) is 5.20. The van der Waals surface area contributed by atoms with Crippen LogP contribution in [0.2, 0.25) is 0 Å². The lowest BCUT2D eigenvalue weighted by Crippen LogP contribution is -2.23. The number of benzene rings is 2. The minimum Gasteiger partial charge on any atom is -0.371 e. The topological polar surface area (TPSA) is 67.2 Å². The molecule has 3 heterocycles. The highest BCUT2D eigenvalue weighted by molar-refractivity contribution is 7.17. The van der Waals surface area contributed by atoms with E-state index in [1.54, 1.807) is 6.07 Å². The summed E-state index contributed by atoms with van der Waals surface area (Å²) in [5.74, 6) is -0.666. The van der Waals surface area contributed by atoms with Gasteiger partial charge in [-0.1, -0.05) is 29.8 Å². The standard InChI is InChI=1S/C26H25FN4O2S/c1-17-4-6-18(7-5-17)22-15-34-25-24(22)26(33)31(16-28-25)11-8-23(32)29-20-12-19(27)13-21(14-20)30-9-2-3-10-30/h4-7,12-16H,2-3,8-11H2,1H3,(H,29,32). The van der Waals surface area contributed by atoms with E-state index in [0.29, 0.717) is 15.9 Å². The van der Waals surface area contributed by atoms with Gasteiger partial charge >= 0.3 is 0 Å². The third-order valence-electron chi connectivity index (χ3n) is 6.14. The summed E-state index contributed by atoms with van der Waals surface area (Å²) in [6.07, 6.45) is 3.73. The van der Waals surface area contributed by atoms with Crippen LogP contribution in [0.15, 0.2) is 59.0 Å². The summed E-state index contributed by atoms with van der Waals surface area (Å²) < 4.78 is 15.6. The molecule has 1 fully saturated rings. The summed E-state index contributed by atoms with van der Waals surface area (Å²) in [6.45, 7) is 3.99. The van der Waals surface area contributed by atoms with E-state index in [9.17, 15) is 14.0 Å². The molecule has 1 amide bonds. The number of halogens is 1. The summed E-state index contributed by atoms with van der Waals surface area (Å²) in [7, 11) is 0. The van der Waals surface area contributed by atoms with Crippen LogP contribution >= 0.6 is 11.3 Å². The zero-order chi connectivity index (χ0) is 23.7. The van der Waals surface area contributed by atoms with Gasteiger partial charge in [-0.15, -0.1) is 11.3 Å². The molecule has 6 nitrogen and oxygen atoms in total. The Kier molecular flexibility index (Phi) is 6.15. The Morgan fingerprint density at radius 3 is 2.68 bits per heavy atom. The van der Waals surface area contributed by atoms with Crippen LogP contribution in [-0.4, -0.2) is 28.5 Å². The zero-order valence-electron chi connectivity index (χ0n) is 18.9. The number of rotatable bonds is 6. The molecule has 0 bridgehead atoms. The second kappa shape index (κ2) is 9.38. The summed E-state index contributed by atoms with van der Waals surface area (Å²) >= 11 is 1.43. The normalized spacial score (nSPS) is 13.5. The minimum absolute atomic E-state index is 0.0760. The highest BCUT2D eigenvalue weighted by Gasteiger charge is 2.16. The van der Waals surface area contributed by atoms with Crippen molar-refractivity contribution in [2.45, 2.75) is 32.7 Å². The first-order valence-electron chi connectivity index (χ1n) is 11.4. The third-order valence-corrected chi connectivity index (χ3v) is 7.03. The summed E-state index contributed by atoms with van der Waals surface area (Å²) in [5, 5.41) is 5.29. The molecule has 1 N–H and O–H groups in total. The summed E-state index contributed by atoms with van der Waals surface area (Å²) in [4.78, 5) is 33.0. The number of anilines is 2. The van der Waals surface area contributed by atoms with Gasteiger partial charge in [-0.3, -0.25) is 14.2 Å². The lowest BCUT2D eigenvalue weighted by Gasteiger charge is -2.19. The lowest BCUT2D eigenvalue weighted by molar-refractivity contribution is -0.116. The summed E-state index contributed by atoms with van der Waals surface area (Å²) in [5.41, 5.74) is 4.00. The first-order chi connectivity index (χ1) is 16.5. The molecule has 1 saturated heterocycles. The van der Waals surface area contributed by atoms with Crippen LogP contribution < -0.4 is 15.8 Å². The van der Waals surface area contributed by atoms with Crippen molar-refractivity contribution in [1.82, 2.24) is 9.55 Å². The van der Waals surface area contributed by atoms with E-state index >= 15 is 0 Å². The largest absolute Gasteiger partial charge is 0.371 e. The van der Waals surface area contributed by atoms with Gasteiger partial charge in [-0.2, -0.15) is 0 Å².